The van der Waals surface area contributed by atoms with Gasteiger partial charge in [-0.25, -0.2) is 8.78 Å². The summed E-state index contributed by atoms with van der Waals surface area (Å²) >= 11 is 0. The van der Waals surface area contributed by atoms with Crippen LogP contribution in [0.25, 0.3) is 22.4 Å². The van der Waals surface area contributed by atoms with Crippen molar-refractivity contribution >= 4 is 0 Å². The molecule has 2 aromatic carbocycles. The van der Waals surface area contributed by atoms with E-state index in [0.29, 0.717) is 5.69 Å². The maximum atomic E-state index is 14.0. The highest BCUT2D eigenvalue weighted by Crippen LogP contribution is 2.34. The summed E-state index contributed by atoms with van der Waals surface area (Å²) in [6, 6.07) is 13.6. The molecule has 100 valence electrons. The van der Waals surface area contributed by atoms with E-state index in [-0.39, 0.29) is 5.56 Å². The zero-order valence-electron chi connectivity index (χ0n) is 10.8. The van der Waals surface area contributed by atoms with Crippen LogP contribution in [0.5, 0.6) is 0 Å². The van der Waals surface area contributed by atoms with Gasteiger partial charge in [0.2, 0.25) is 0 Å². The van der Waals surface area contributed by atoms with E-state index in [1.807, 2.05) is 37.3 Å². The maximum Gasteiger partial charge on any atom is 0.168 e. The summed E-state index contributed by atoms with van der Waals surface area (Å²) in [5.41, 5.74) is 3.10. The Morgan fingerprint density at radius 2 is 1.70 bits per heavy atom. The van der Waals surface area contributed by atoms with Crippen molar-refractivity contribution in [2.45, 2.75) is 6.92 Å². The van der Waals surface area contributed by atoms with E-state index in [4.69, 9.17) is 0 Å². The van der Waals surface area contributed by atoms with E-state index in [1.54, 1.807) is 0 Å². The Kier molecular flexibility index (Phi) is 3.06. The molecule has 0 saturated heterocycles. The van der Waals surface area contributed by atoms with Crippen LogP contribution in [0.2, 0.25) is 0 Å². The molecule has 0 spiro atoms. The second kappa shape index (κ2) is 4.89. The van der Waals surface area contributed by atoms with E-state index in [1.165, 1.54) is 12.1 Å². The molecule has 0 radical (unpaired) electrons. The summed E-state index contributed by atoms with van der Waals surface area (Å²) in [6.45, 7) is 1.86. The van der Waals surface area contributed by atoms with E-state index in [9.17, 15) is 8.78 Å². The number of halogens is 2. The van der Waals surface area contributed by atoms with E-state index in [2.05, 4.69) is 10.2 Å². The number of hydrogen-bond acceptors (Lipinski definition) is 1. The van der Waals surface area contributed by atoms with Gasteiger partial charge in [0.1, 0.15) is 5.69 Å². The van der Waals surface area contributed by atoms with Gasteiger partial charge in [-0.05, 0) is 24.6 Å². The molecule has 3 rings (SSSR count). The fourth-order valence-corrected chi connectivity index (χ4v) is 2.27. The van der Waals surface area contributed by atoms with Crippen LogP contribution in [0.1, 0.15) is 5.69 Å². The number of nitrogens with one attached hydrogen (secondary N) is 1. The minimum absolute atomic E-state index is 0.160. The molecule has 1 N–H and O–H groups in total. The Morgan fingerprint density at radius 3 is 2.45 bits per heavy atom. The topological polar surface area (TPSA) is 28.7 Å². The van der Waals surface area contributed by atoms with E-state index < -0.39 is 11.6 Å². The number of H-pyrrole nitrogens is 1. The molecule has 0 aliphatic carbocycles. The minimum atomic E-state index is -0.879. The van der Waals surface area contributed by atoms with Crippen molar-refractivity contribution in [1.82, 2.24) is 10.2 Å². The first-order valence-corrected chi connectivity index (χ1v) is 6.23. The normalized spacial score (nSPS) is 10.8. The van der Waals surface area contributed by atoms with Gasteiger partial charge in [-0.3, -0.25) is 5.10 Å². The number of aryl methyl sites for hydroxylation is 1. The summed E-state index contributed by atoms with van der Waals surface area (Å²) in [7, 11) is 0. The molecule has 0 aliphatic heterocycles. The average molecular weight is 270 g/mol. The lowest BCUT2D eigenvalue weighted by Gasteiger charge is -2.06. The second-order valence-electron chi connectivity index (χ2n) is 4.54. The van der Waals surface area contributed by atoms with Gasteiger partial charge in [-0.2, -0.15) is 5.10 Å². The predicted octanol–water partition coefficient (Wildman–Crippen LogP) is 4.33. The fraction of sp³-hybridized carbons (Fsp3) is 0.0625. The number of aromatic nitrogens is 2. The Morgan fingerprint density at radius 1 is 0.950 bits per heavy atom. The Hall–Kier alpha value is -2.49. The summed E-state index contributed by atoms with van der Waals surface area (Å²) < 4.78 is 27.4. The zero-order chi connectivity index (χ0) is 14.1. The van der Waals surface area contributed by atoms with Gasteiger partial charge in [0.25, 0.3) is 0 Å². The van der Waals surface area contributed by atoms with Crippen molar-refractivity contribution in [2.24, 2.45) is 0 Å². The van der Waals surface area contributed by atoms with Crippen molar-refractivity contribution < 1.29 is 8.78 Å². The van der Waals surface area contributed by atoms with Crippen molar-refractivity contribution in [2.75, 3.05) is 0 Å². The average Bonchev–Trinajstić information content (AvgIpc) is 2.84. The molecule has 1 aromatic heterocycles. The quantitative estimate of drug-likeness (QED) is 0.737. The van der Waals surface area contributed by atoms with Crippen molar-refractivity contribution in [1.29, 1.82) is 0 Å². The van der Waals surface area contributed by atoms with Gasteiger partial charge in [0.05, 0.1) is 0 Å². The Balaban J connectivity index is 2.24. The summed E-state index contributed by atoms with van der Waals surface area (Å²) in [6.07, 6.45) is 0. The van der Waals surface area contributed by atoms with E-state index >= 15 is 0 Å². The summed E-state index contributed by atoms with van der Waals surface area (Å²) in [4.78, 5) is 0. The zero-order valence-corrected chi connectivity index (χ0v) is 10.8. The molecule has 1 heterocycles. The third-order valence-corrected chi connectivity index (χ3v) is 3.22. The van der Waals surface area contributed by atoms with E-state index in [0.717, 1.165) is 22.9 Å². The molecule has 0 bridgehead atoms. The number of benzene rings is 2. The molecule has 4 heteroatoms. The van der Waals surface area contributed by atoms with Crippen LogP contribution < -0.4 is 0 Å². The van der Waals surface area contributed by atoms with Crippen LogP contribution in [-0.2, 0) is 0 Å². The van der Waals surface area contributed by atoms with Crippen LogP contribution in [0.4, 0.5) is 8.78 Å². The highest BCUT2D eigenvalue weighted by molar-refractivity contribution is 5.82. The molecular formula is C16H12F2N2. The molecule has 0 atom stereocenters. The van der Waals surface area contributed by atoms with Crippen LogP contribution in [0.3, 0.4) is 0 Å². The first-order valence-electron chi connectivity index (χ1n) is 6.23. The lowest BCUT2D eigenvalue weighted by molar-refractivity contribution is 0.511. The largest absolute Gasteiger partial charge is 0.282 e. The molecule has 3 aromatic rings. The maximum absolute atomic E-state index is 14.0. The van der Waals surface area contributed by atoms with Crippen LogP contribution >= 0.6 is 0 Å². The number of hydrogen-bond donors (Lipinski definition) is 1. The van der Waals surface area contributed by atoms with Gasteiger partial charge in [-0.1, -0.05) is 36.4 Å². The molecular weight excluding hydrogens is 258 g/mol. The molecule has 0 unspecified atom stereocenters. The van der Waals surface area contributed by atoms with Gasteiger partial charge < -0.3 is 0 Å². The number of aromatic amines is 1. The number of nitrogens with zero attached hydrogens (tertiary/aromatic N) is 1. The second-order valence-corrected chi connectivity index (χ2v) is 4.54. The van der Waals surface area contributed by atoms with Crippen molar-refractivity contribution in [3.05, 3.63) is 65.9 Å². The molecule has 0 saturated carbocycles. The first kappa shape index (κ1) is 12.5. The van der Waals surface area contributed by atoms with Gasteiger partial charge in [0, 0.05) is 16.8 Å². The van der Waals surface area contributed by atoms with Gasteiger partial charge in [0.15, 0.2) is 11.6 Å². The molecule has 2 nitrogen and oxygen atoms in total. The van der Waals surface area contributed by atoms with Gasteiger partial charge >= 0.3 is 0 Å². The van der Waals surface area contributed by atoms with Crippen molar-refractivity contribution in [3.8, 4) is 22.4 Å². The SMILES string of the molecule is Cc1[nH]nc(-c2cccc(F)c2F)c1-c1ccccc1. The lowest BCUT2D eigenvalue weighted by Crippen LogP contribution is -1.91. The Labute approximate surface area is 115 Å². The van der Waals surface area contributed by atoms with Crippen LogP contribution in [-0.4, -0.2) is 10.2 Å². The predicted molar refractivity (Wildman–Crippen MR) is 74.1 cm³/mol. The molecule has 0 fully saturated rings. The minimum Gasteiger partial charge on any atom is -0.282 e. The lowest BCUT2D eigenvalue weighted by atomic mass is 9.99. The van der Waals surface area contributed by atoms with Crippen molar-refractivity contribution in [3.63, 3.8) is 0 Å². The fourth-order valence-electron chi connectivity index (χ4n) is 2.27. The third kappa shape index (κ3) is 1.99. The third-order valence-electron chi connectivity index (χ3n) is 3.22. The number of rotatable bonds is 2. The molecule has 0 amide bonds. The summed E-state index contributed by atoms with van der Waals surface area (Å²) in [5, 5.41) is 6.97. The molecule has 0 aliphatic rings. The standard InChI is InChI=1S/C16H12F2N2/c1-10-14(11-6-3-2-4-7-11)16(20-19-10)12-8-5-9-13(17)15(12)18/h2-9H,1H3,(H,19,20). The summed E-state index contributed by atoms with van der Waals surface area (Å²) in [5.74, 6) is -1.75. The van der Waals surface area contributed by atoms with Gasteiger partial charge in [-0.15, -0.1) is 0 Å². The monoisotopic (exact) mass is 270 g/mol. The van der Waals surface area contributed by atoms with Crippen LogP contribution in [0, 0.1) is 18.6 Å². The smallest absolute Gasteiger partial charge is 0.168 e. The van der Waals surface area contributed by atoms with Crippen LogP contribution in [0.15, 0.2) is 48.5 Å². The Bertz CT molecular complexity index is 748. The highest BCUT2D eigenvalue weighted by Gasteiger charge is 2.18. The first-order chi connectivity index (χ1) is 9.68. The molecule has 20 heavy (non-hydrogen) atoms. The highest BCUT2D eigenvalue weighted by atomic mass is 19.2.